The van der Waals surface area contributed by atoms with E-state index >= 15 is 0 Å². The molecule has 3 rings (SSSR count). The van der Waals surface area contributed by atoms with E-state index in [0.717, 1.165) is 37.3 Å². The number of unbranched alkanes of at least 4 members (excludes halogenated alkanes) is 1. The normalized spacial score (nSPS) is 11.8. The number of nitrogens with zero attached hydrogens (tertiary/aromatic N) is 3. The first-order valence-electron chi connectivity index (χ1n) is 11.1. The highest BCUT2D eigenvalue weighted by molar-refractivity contribution is 5.53. The number of benzene rings is 2. The van der Waals surface area contributed by atoms with Gasteiger partial charge < -0.3 is 15.2 Å². The second kappa shape index (κ2) is 11.3. The van der Waals surface area contributed by atoms with Gasteiger partial charge >= 0.3 is 0 Å². The first-order valence-corrected chi connectivity index (χ1v) is 11.1. The van der Waals surface area contributed by atoms with Crippen molar-refractivity contribution in [1.82, 2.24) is 14.9 Å². The minimum absolute atomic E-state index is 0.387. The number of imidazole rings is 1. The van der Waals surface area contributed by atoms with Crippen molar-refractivity contribution >= 4 is 5.69 Å². The maximum atomic E-state index is 8.98. The largest absolute Gasteiger partial charge is 0.383 e. The molecule has 0 aliphatic carbocycles. The zero-order valence-electron chi connectivity index (χ0n) is 18.9. The van der Waals surface area contributed by atoms with Crippen LogP contribution >= 0.6 is 0 Å². The topological polar surface area (TPSA) is 65.7 Å². The summed E-state index contributed by atoms with van der Waals surface area (Å²) in [6, 6.07) is 16.7. The standard InChI is InChI=1S/C26H33N5/c1-4-5-8-24(15-30-26-9-6-7-20(2)21(26)3)29-17-25-16-28-19-31(25)18-23-12-10-22(14-27)11-13-23/h6-7,9-13,16,19,24,29-30H,4-5,8,15,17-18H2,1-3H3. The minimum atomic E-state index is 0.387. The van der Waals surface area contributed by atoms with E-state index in [1.54, 1.807) is 0 Å². The highest BCUT2D eigenvalue weighted by Gasteiger charge is 2.11. The molecule has 1 atom stereocenters. The van der Waals surface area contributed by atoms with Gasteiger partial charge in [-0.25, -0.2) is 4.98 Å². The number of rotatable bonds is 11. The van der Waals surface area contributed by atoms with Crippen LogP contribution in [0.15, 0.2) is 55.0 Å². The fourth-order valence-electron chi connectivity index (χ4n) is 3.67. The highest BCUT2D eigenvalue weighted by Crippen LogP contribution is 2.18. The molecular formula is C26H33N5. The van der Waals surface area contributed by atoms with E-state index in [2.05, 4.69) is 65.2 Å². The zero-order valence-corrected chi connectivity index (χ0v) is 18.9. The second-order valence-electron chi connectivity index (χ2n) is 8.17. The quantitative estimate of drug-likeness (QED) is 0.453. The molecule has 0 saturated heterocycles. The Bertz CT molecular complexity index is 997. The molecule has 0 aliphatic heterocycles. The minimum Gasteiger partial charge on any atom is -0.383 e. The van der Waals surface area contributed by atoms with Crippen LogP contribution in [0.2, 0.25) is 0 Å². The number of aromatic nitrogens is 2. The van der Waals surface area contributed by atoms with E-state index in [1.807, 2.05) is 36.8 Å². The van der Waals surface area contributed by atoms with Crippen LogP contribution < -0.4 is 10.6 Å². The van der Waals surface area contributed by atoms with E-state index in [-0.39, 0.29) is 0 Å². The van der Waals surface area contributed by atoms with Gasteiger partial charge in [-0.3, -0.25) is 0 Å². The predicted molar refractivity (Wildman–Crippen MR) is 127 cm³/mol. The lowest BCUT2D eigenvalue weighted by atomic mass is 10.1. The van der Waals surface area contributed by atoms with Gasteiger partial charge in [-0.1, -0.05) is 44.0 Å². The average Bonchev–Trinajstić information content (AvgIpc) is 3.23. The summed E-state index contributed by atoms with van der Waals surface area (Å²) >= 11 is 0. The summed E-state index contributed by atoms with van der Waals surface area (Å²) in [4.78, 5) is 4.36. The Morgan fingerprint density at radius 1 is 1.13 bits per heavy atom. The summed E-state index contributed by atoms with van der Waals surface area (Å²) in [7, 11) is 0. The van der Waals surface area contributed by atoms with Crippen molar-refractivity contribution in [1.29, 1.82) is 5.26 Å². The molecule has 0 bridgehead atoms. The summed E-state index contributed by atoms with van der Waals surface area (Å²) < 4.78 is 2.17. The molecule has 5 nitrogen and oxygen atoms in total. The van der Waals surface area contributed by atoms with Gasteiger partial charge in [0.05, 0.1) is 23.7 Å². The van der Waals surface area contributed by atoms with Crippen molar-refractivity contribution in [3.63, 3.8) is 0 Å². The van der Waals surface area contributed by atoms with Gasteiger partial charge in [0.2, 0.25) is 0 Å². The Morgan fingerprint density at radius 3 is 2.68 bits per heavy atom. The maximum Gasteiger partial charge on any atom is 0.0991 e. The van der Waals surface area contributed by atoms with E-state index in [9.17, 15) is 0 Å². The number of aryl methyl sites for hydroxylation is 1. The molecule has 3 aromatic rings. The van der Waals surface area contributed by atoms with Crippen molar-refractivity contribution < 1.29 is 0 Å². The van der Waals surface area contributed by atoms with Crippen molar-refractivity contribution in [3.8, 4) is 6.07 Å². The molecule has 0 spiro atoms. The van der Waals surface area contributed by atoms with E-state index < -0.39 is 0 Å². The summed E-state index contributed by atoms with van der Waals surface area (Å²) in [5.74, 6) is 0. The van der Waals surface area contributed by atoms with Gasteiger partial charge in [0.25, 0.3) is 0 Å². The van der Waals surface area contributed by atoms with Gasteiger partial charge in [0, 0.05) is 37.6 Å². The Labute approximate surface area is 186 Å². The summed E-state index contributed by atoms with van der Waals surface area (Å²) in [5.41, 5.74) is 6.86. The number of hydrogen-bond acceptors (Lipinski definition) is 4. The van der Waals surface area contributed by atoms with Crippen molar-refractivity contribution in [2.75, 3.05) is 11.9 Å². The van der Waals surface area contributed by atoms with Crippen molar-refractivity contribution in [2.45, 2.75) is 59.2 Å². The lowest BCUT2D eigenvalue weighted by Crippen LogP contribution is -2.35. The van der Waals surface area contributed by atoms with E-state index in [1.165, 1.54) is 29.7 Å². The van der Waals surface area contributed by atoms with E-state index in [0.29, 0.717) is 11.6 Å². The Kier molecular flexibility index (Phi) is 8.26. The number of hydrogen-bond donors (Lipinski definition) is 2. The van der Waals surface area contributed by atoms with Crippen LogP contribution in [0.4, 0.5) is 5.69 Å². The number of anilines is 1. The molecule has 2 N–H and O–H groups in total. The monoisotopic (exact) mass is 415 g/mol. The highest BCUT2D eigenvalue weighted by atomic mass is 15.1. The predicted octanol–water partition coefficient (Wildman–Crippen LogP) is 5.18. The van der Waals surface area contributed by atoms with Crippen LogP contribution in [0.25, 0.3) is 0 Å². The SMILES string of the molecule is CCCCC(CNc1cccc(C)c1C)NCc1cncn1Cc1ccc(C#N)cc1. The third kappa shape index (κ3) is 6.44. The first-order chi connectivity index (χ1) is 15.1. The van der Waals surface area contributed by atoms with Crippen LogP contribution in [0.5, 0.6) is 0 Å². The fourth-order valence-corrected chi connectivity index (χ4v) is 3.67. The second-order valence-corrected chi connectivity index (χ2v) is 8.17. The smallest absolute Gasteiger partial charge is 0.0991 e. The summed E-state index contributed by atoms with van der Waals surface area (Å²) in [6.07, 6.45) is 7.35. The molecule has 0 fully saturated rings. The molecule has 1 aromatic heterocycles. The van der Waals surface area contributed by atoms with Gasteiger partial charge in [-0.15, -0.1) is 0 Å². The van der Waals surface area contributed by atoms with Crippen molar-refractivity contribution in [2.24, 2.45) is 0 Å². The number of nitrogens with one attached hydrogen (secondary N) is 2. The fraction of sp³-hybridized carbons (Fsp3) is 0.385. The Hall–Kier alpha value is -3.10. The van der Waals surface area contributed by atoms with E-state index in [4.69, 9.17) is 5.26 Å². The summed E-state index contributed by atoms with van der Waals surface area (Å²) in [5, 5.41) is 16.4. The molecule has 162 valence electrons. The zero-order chi connectivity index (χ0) is 22.1. The van der Waals surface area contributed by atoms with Crippen LogP contribution in [0.3, 0.4) is 0 Å². The Morgan fingerprint density at radius 2 is 1.94 bits per heavy atom. The number of nitriles is 1. The third-order valence-electron chi connectivity index (χ3n) is 5.86. The molecule has 31 heavy (non-hydrogen) atoms. The lowest BCUT2D eigenvalue weighted by molar-refractivity contribution is 0.471. The molecule has 0 radical (unpaired) electrons. The van der Waals surface area contributed by atoms with Crippen LogP contribution in [0.1, 0.15) is 54.1 Å². The molecule has 2 aromatic carbocycles. The Balaban J connectivity index is 1.60. The summed E-state index contributed by atoms with van der Waals surface area (Å²) in [6.45, 7) is 8.99. The van der Waals surface area contributed by atoms with Gasteiger partial charge in [-0.05, 0) is 55.2 Å². The molecule has 5 heteroatoms. The van der Waals surface area contributed by atoms with Crippen LogP contribution in [0, 0.1) is 25.2 Å². The average molecular weight is 416 g/mol. The first kappa shape index (κ1) is 22.6. The molecular weight excluding hydrogens is 382 g/mol. The molecule has 1 heterocycles. The van der Waals surface area contributed by atoms with Gasteiger partial charge in [0.1, 0.15) is 0 Å². The van der Waals surface area contributed by atoms with Crippen LogP contribution in [-0.4, -0.2) is 22.1 Å². The third-order valence-corrected chi connectivity index (χ3v) is 5.86. The molecule has 0 amide bonds. The van der Waals surface area contributed by atoms with Crippen molar-refractivity contribution in [3.05, 3.63) is 82.9 Å². The van der Waals surface area contributed by atoms with Crippen LogP contribution in [-0.2, 0) is 13.1 Å². The molecule has 1 unspecified atom stereocenters. The maximum absolute atomic E-state index is 8.98. The molecule has 0 saturated carbocycles. The lowest BCUT2D eigenvalue weighted by Gasteiger charge is -2.21. The molecule has 0 aliphatic rings. The van der Waals surface area contributed by atoms with Gasteiger partial charge in [-0.2, -0.15) is 5.26 Å². The van der Waals surface area contributed by atoms with Gasteiger partial charge in [0.15, 0.2) is 0 Å².